The molecular weight excluding hydrogens is 364 g/mol. The molecule has 0 spiro atoms. The van der Waals surface area contributed by atoms with Gasteiger partial charge in [0.05, 0.1) is 7.11 Å². The van der Waals surface area contributed by atoms with Crippen molar-refractivity contribution in [1.82, 2.24) is 8.61 Å². The van der Waals surface area contributed by atoms with Crippen LogP contribution in [-0.2, 0) is 10.2 Å². The molecule has 0 bridgehead atoms. The van der Waals surface area contributed by atoms with Crippen molar-refractivity contribution in [1.29, 1.82) is 0 Å². The second-order valence-corrected chi connectivity index (χ2v) is 9.57. The second-order valence-electron chi connectivity index (χ2n) is 7.58. The molecule has 0 N–H and O–H groups in total. The monoisotopic (exact) mass is 394 g/mol. The Balaban J connectivity index is 1.59. The van der Waals surface area contributed by atoms with E-state index in [1.807, 2.05) is 0 Å². The molecule has 1 saturated carbocycles. The summed E-state index contributed by atoms with van der Waals surface area (Å²) >= 11 is 0. The SMILES string of the molecule is COc1ccc(C(=O)C2CCN(S(=O)(=O)N(C)C3CCCCC3)CC2)cc1. The summed E-state index contributed by atoms with van der Waals surface area (Å²) in [5, 5.41) is 0. The number of methoxy groups -OCH3 is 1. The maximum Gasteiger partial charge on any atom is 0.281 e. The normalized spacial score (nSPS) is 20.7. The number of Topliss-reactive ketones (excluding diaryl/α,β-unsaturated/α-hetero) is 1. The molecule has 0 aromatic heterocycles. The highest BCUT2D eigenvalue weighted by molar-refractivity contribution is 7.86. The van der Waals surface area contributed by atoms with Crippen LogP contribution in [0.4, 0.5) is 0 Å². The van der Waals surface area contributed by atoms with Gasteiger partial charge in [0.25, 0.3) is 10.2 Å². The number of carbonyl (C=O) groups excluding carboxylic acids is 1. The van der Waals surface area contributed by atoms with Gasteiger partial charge < -0.3 is 4.74 Å². The van der Waals surface area contributed by atoms with Gasteiger partial charge in [-0.05, 0) is 49.9 Å². The van der Waals surface area contributed by atoms with Crippen LogP contribution in [0.3, 0.4) is 0 Å². The molecule has 1 aliphatic carbocycles. The molecule has 1 aliphatic heterocycles. The van der Waals surface area contributed by atoms with Gasteiger partial charge in [-0.25, -0.2) is 0 Å². The van der Waals surface area contributed by atoms with E-state index < -0.39 is 10.2 Å². The number of hydrogen-bond acceptors (Lipinski definition) is 4. The fourth-order valence-electron chi connectivity index (χ4n) is 4.15. The lowest BCUT2D eigenvalue weighted by atomic mass is 9.89. The molecule has 1 saturated heterocycles. The Hall–Kier alpha value is -1.44. The Bertz CT molecular complexity index is 734. The maximum atomic E-state index is 13.0. The largest absolute Gasteiger partial charge is 0.497 e. The van der Waals surface area contributed by atoms with Crippen LogP contribution in [0.2, 0.25) is 0 Å². The fourth-order valence-corrected chi connectivity index (χ4v) is 5.78. The summed E-state index contributed by atoms with van der Waals surface area (Å²) in [6, 6.07) is 7.24. The maximum absolute atomic E-state index is 13.0. The summed E-state index contributed by atoms with van der Waals surface area (Å²) in [6.07, 6.45) is 6.44. The Morgan fingerprint density at radius 3 is 2.19 bits per heavy atom. The zero-order chi connectivity index (χ0) is 19.4. The number of ketones is 1. The van der Waals surface area contributed by atoms with Crippen LogP contribution in [-0.4, -0.2) is 56.1 Å². The molecule has 3 rings (SSSR count). The van der Waals surface area contributed by atoms with Crippen molar-refractivity contribution in [2.24, 2.45) is 5.92 Å². The molecule has 6 nitrogen and oxygen atoms in total. The lowest BCUT2D eigenvalue weighted by molar-refractivity contribution is 0.0872. The van der Waals surface area contributed by atoms with Gasteiger partial charge >= 0.3 is 0 Å². The summed E-state index contributed by atoms with van der Waals surface area (Å²) in [7, 11) is -0.143. The van der Waals surface area contributed by atoms with Gasteiger partial charge in [-0.15, -0.1) is 0 Å². The third-order valence-corrected chi connectivity index (χ3v) is 8.02. The number of carbonyl (C=O) groups is 1. The van der Waals surface area contributed by atoms with Crippen molar-refractivity contribution < 1.29 is 17.9 Å². The van der Waals surface area contributed by atoms with Crippen LogP contribution in [0, 0.1) is 5.92 Å². The van der Waals surface area contributed by atoms with Crippen molar-refractivity contribution in [3.05, 3.63) is 29.8 Å². The molecule has 0 atom stereocenters. The van der Waals surface area contributed by atoms with Gasteiger partial charge in [-0.1, -0.05) is 19.3 Å². The summed E-state index contributed by atoms with van der Waals surface area (Å²) in [4.78, 5) is 12.7. The predicted molar refractivity (Wildman–Crippen MR) is 105 cm³/mol. The molecule has 1 aromatic rings. The van der Waals surface area contributed by atoms with E-state index in [1.165, 1.54) is 6.42 Å². The second kappa shape index (κ2) is 8.71. The third kappa shape index (κ3) is 4.52. The molecule has 1 heterocycles. The van der Waals surface area contributed by atoms with Crippen molar-refractivity contribution >= 4 is 16.0 Å². The Morgan fingerprint density at radius 1 is 1.04 bits per heavy atom. The molecule has 150 valence electrons. The Morgan fingerprint density at radius 2 is 1.63 bits per heavy atom. The first-order chi connectivity index (χ1) is 12.9. The van der Waals surface area contributed by atoms with Crippen molar-refractivity contribution in [3.63, 3.8) is 0 Å². The molecule has 7 heteroatoms. The van der Waals surface area contributed by atoms with E-state index in [2.05, 4.69) is 0 Å². The van der Waals surface area contributed by atoms with Crippen molar-refractivity contribution in [2.75, 3.05) is 27.2 Å². The number of benzene rings is 1. The van der Waals surface area contributed by atoms with Crippen LogP contribution in [0.5, 0.6) is 5.75 Å². The van der Waals surface area contributed by atoms with Gasteiger partial charge in [0.15, 0.2) is 5.78 Å². The van der Waals surface area contributed by atoms with E-state index in [4.69, 9.17) is 4.74 Å². The van der Waals surface area contributed by atoms with Crippen LogP contribution in [0.15, 0.2) is 24.3 Å². The third-order valence-electron chi connectivity index (χ3n) is 5.98. The minimum Gasteiger partial charge on any atom is -0.497 e. The van der Waals surface area contributed by atoms with E-state index in [0.29, 0.717) is 31.5 Å². The van der Waals surface area contributed by atoms with Crippen molar-refractivity contribution in [3.8, 4) is 5.75 Å². The van der Waals surface area contributed by atoms with Crippen LogP contribution in [0.1, 0.15) is 55.3 Å². The first-order valence-corrected chi connectivity index (χ1v) is 11.2. The number of hydrogen-bond donors (Lipinski definition) is 0. The number of piperidine rings is 1. The van der Waals surface area contributed by atoms with Crippen LogP contribution >= 0.6 is 0 Å². The van der Waals surface area contributed by atoms with Gasteiger partial charge in [0, 0.05) is 37.7 Å². The van der Waals surface area contributed by atoms with E-state index in [-0.39, 0.29) is 17.7 Å². The molecular formula is C20H30N2O4S. The summed E-state index contributed by atoms with van der Waals surface area (Å²) in [5.41, 5.74) is 0.663. The van der Waals surface area contributed by atoms with Gasteiger partial charge in [0.2, 0.25) is 0 Å². The molecule has 2 aliphatic rings. The Labute approximate surface area is 162 Å². The average Bonchev–Trinajstić information content (AvgIpc) is 2.73. The summed E-state index contributed by atoms with van der Waals surface area (Å²) < 4.78 is 34.2. The van der Waals surface area contributed by atoms with Crippen molar-refractivity contribution in [2.45, 2.75) is 51.0 Å². The minimum atomic E-state index is -3.45. The molecule has 0 amide bonds. The quantitative estimate of drug-likeness (QED) is 0.696. The highest BCUT2D eigenvalue weighted by Crippen LogP contribution is 2.28. The molecule has 1 aromatic carbocycles. The van der Waals surface area contributed by atoms with E-state index in [1.54, 1.807) is 47.0 Å². The zero-order valence-electron chi connectivity index (χ0n) is 16.3. The first-order valence-electron chi connectivity index (χ1n) is 9.85. The summed E-state index contributed by atoms with van der Waals surface area (Å²) in [5.74, 6) is 0.693. The van der Waals surface area contributed by atoms with E-state index in [0.717, 1.165) is 31.4 Å². The lowest BCUT2D eigenvalue weighted by Crippen LogP contribution is -2.50. The number of nitrogens with zero attached hydrogens (tertiary/aromatic N) is 2. The number of rotatable bonds is 6. The molecule has 2 fully saturated rings. The van der Waals surface area contributed by atoms with Gasteiger partial charge in [-0.2, -0.15) is 17.0 Å². The topological polar surface area (TPSA) is 66.9 Å². The predicted octanol–water partition coefficient (Wildman–Crippen LogP) is 3.10. The molecule has 0 radical (unpaired) electrons. The van der Waals surface area contributed by atoms with Gasteiger partial charge in [0.1, 0.15) is 5.75 Å². The minimum absolute atomic E-state index is 0.0929. The van der Waals surface area contributed by atoms with Gasteiger partial charge in [-0.3, -0.25) is 4.79 Å². The summed E-state index contributed by atoms with van der Waals surface area (Å²) in [6.45, 7) is 0.817. The zero-order valence-corrected chi connectivity index (χ0v) is 17.1. The molecule has 0 unspecified atom stereocenters. The average molecular weight is 395 g/mol. The van der Waals surface area contributed by atoms with Crippen LogP contribution in [0.25, 0.3) is 0 Å². The van der Waals surface area contributed by atoms with Crippen LogP contribution < -0.4 is 4.74 Å². The lowest BCUT2D eigenvalue weighted by Gasteiger charge is -2.37. The number of ether oxygens (including phenoxy) is 1. The fraction of sp³-hybridized carbons (Fsp3) is 0.650. The Kier molecular flexibility index (Phi) is 6.55. The van der Waals surface area contributed by atoms with E-state index >= 15 is 0 Å². The molecule has 27 heavy (non-hydrogen) atoms. The first kappa shape index (κ1) is 20.3. The van der Waals surface area contributed by atoms with E-state index in [9.17, 15) is 13.2 Å². The standard InChI is InChI=1S/C20H30N2O4S/c1-21(18-6-4-3-5-7-18)27(24,25)22-14-12-17(13-15-22)20(23)16-8-10-19(26-2)11-9-16/h8-11,17-18H,3-7,12-15H2,1-2H3. The highest BCUT2D eigenvalue weighted by Gasteiger charge is 2.36. The smallest absolute Gasteiger partial charge is 0.281 e. The highest BCUT2D eigenvalue weighted by atomic mass is 32.2.